The van der Waals surface area contributed by atoms with Gasteiger partial charge < -0.3 is 14.4 Å². The van der Waals surface area contributed by atoms with E-state index in [0.29, 0.717) is 38.4 Å². The predicted molar refractivity (Wildman–Crippen MR) is 105 cm³/mol. The molecule has 0 unspecified atom stereocenters. The van der Waals surface area contributed by atoms with Gasteiger partial charge in [-0.2, -0.15) is 0 Å². The van der Waals surface area contributed by atoms with Crippen LogP contribution in [0, 0.1) is 6.92 Å². The standard InChI is InChI=1S/C19H29N3O5S/c1-16-3-4-17(15-18(16)19(23)22-9-13-27-14-10-22)28(24,25)20-5-2-6-21-7-11-26-12-8-21/h3-4,15,20H,2,5-14H2,1H3. The molecular weight excluding hydrogens is 382 g/mol. The molecule has 3 rings (SSSR count). The lowest BCUT2D eigenvalue weighted by Gasteiger charge is -2.27. The molecule has 0 aliphatic carbocycles. The average molecular weight is 412 g/mol. The second-order valence-electron chi connectivity index (χ2n) is 7.09. The Morgan fingerprint density at radius 1 is 1.07 bits per heavy atom. The quantitative estimate of drug-likeness (QED) is 0.656. The van der Waals surface area contributed by atoms with Gasteiger partial charge >= 0.3 is 0 Å². The summed E-state index contributed by atoms with van der Waals surface area (Å²) in [6.07, 6.45) is 0.727. The molecule has 2 saturated heterocycles. The van der Waals surface area contributed by atoms with E-state index in [4.69, 9.17) is 9.47 Å². The maximum absolute atomic E-state index is 12.8. The number of hydrogen-bond donors (Lipinski definition) is 1. The van der Waals surface area contributed by atoms with Crippen molar-refractivity contribution >= 4 is 15.9 Å². The highest BCUT2D eigenvalue weighted by Gasteiger charge is 2.23. The Hall–Kier alpha value is -1.52. The third-order valence-electron chi connectivity index (χ3n) is 5.09. The molecule has 28 heavy (non-hydrogen) atoms. The molecule has 8 nitrogen and oxygen atoms in total. The summed E-state index contributed by atoms with van der Waals surface area (Å²) in [6.45, 7) is 8.31. The fourth-order valence-corrected chi connectivity index (χ4v) is 4.45. The number of amides is 1. The molecule has 1 aromatic carbocycles. The SMILES string of the molecule is Cc1ccc(S(=O)(=O)NCCCN2CCOCC2)cc1C(=O)N1CCOCC1. The highest BCUT2D eigenvalue weighted by Crippen LogP contribution is 2.18. The summed E-state index contributed by atoms with van der Waals surface area (Å²) in [4.78, 5) is 16.9. The number of nitrogens with zero attached hydrogens (tertiary/aromatic N) is 2. The second-order valence-corrected chi connectivity index (χ2v) is 8.85. The molecule has 0 aromatic heterocycles. The van der Waals surface area contributed by atoms with Gasteiger partial charge in [0, 0.05) is 38.3 Å². The van der Waals surface area contributed by atoms with E-state index >= 15 is 0 Å². The lowest BCUT2D eigenvalue weighted by Crippen LogP contribution is -2.41. The minimum absolute atomic E-state index is 0.126. The van der Waals surface area contributed by atoms with E-state index in [2.05, 4.69) is 9.62 Å². The first-order valence-corrected chi connectivity index (χ1v) is 11.2. The molecule has 9 heteroatoms. The summed E-state index contributed by atoms with van der Waals surface area (Å²) < 4.78 is 38.6. The van der Waals surface area contributed by atoms with E-state index in [-0.39, 0.29) is 10.8 Å². The van der Waals surface area contributed by atoms with E-state index in [0.717, 1.165) is 44.8 Å². The van der Waals surface area contributed by atoms with Crippen LogP contribution in [0.5, 0.6) is 0 Å². The number of benzene rings is 1. The lowest BCUT2D eigenvalue weighted by molar-refractivity contribution is 0.0302. The topological polar surface area (TPSA) is 88.2 Å². The van der Waals surface area contributed by atoms with E-state index in [9.17, 15) is 13.2 Å². The van der Waals surface area contributed by atoms with Crippen molar-refractivity contribution in [2.75, 3.05) is 65.7 Å². The molecule has 2 aliphatic heterocycles. The Morgan fingerprint density at radius 3 is 2.39 bits per heavy atom. The molecule has 1 N–H and O–H groups in total. The van der Waals surface area contributed by atoms with Crippen molar-refractivity contribution in [1.82, 2.24) is 14.5 Å². The third-order valence-corrected chi connectivity index (χ3v) is 6.55. The normalized spacial score (nSPS) is 19.0. The molecule has 0 bridgehead atoms. The van der Waals surface area contributed by atoms with Crippen molar-refractivity contribution in [3.05, 3.63) is 29.3 Å². The number of nitrogens with one attached hydrogen (secondary N) is 1. The highest BCUT2D eigenvalue weighted by molar-refractivity contribution is 7.89. The second kappa shape index (κ2) is 9.80. The van der Waals surface area contributed by atoms with Crippen LogP contribution in [0.4, 0.5) is 0 Å². The van der Waals surface area contributed by atoms with Crippen LogP contribution >= 0.6 is 0 Å². The maximum Gasteiger partial charge on any atom is 0.254 e. The minimum atomic E-state index is -3.66. The molecule has 156 valence electrons. The maximum atomic E-state index is 12.8. The largest absolute Gasteiger partial charge is 0.379 e. The van der Waals surface area contributed by atoms with Gasteiger partial charge in [-0.15, -0.1) is 0 Å². The summed E-state index contributed by atoms with van der Waals surface area (Å²) in [7, 11) is -3.66. The molecule has 2 aliphatic rings. The molecule has 0 spiro atoms. The average Bonchev–Trinajstić information content (AvgIpc) is 2.72. The van der Waals surface area contributed by atoms with Crippen molar-refractivity contribution < 1.29 is 22.7 Å². The summed E-state index contributed by atoms with van der Waals surface area (Å²) >= 11 is 0. The lowest BCUT2D eigenvalue weighted by atomic mass is 10.1. The molecule has 2 fully saturated rings. The molecular formula is C19H29N3O5S. The van der Waals surface area contributed by atoms with E-state index in [1.807, 2.05) is 6.92 Å². The third kappa shape index (κ3) is 5.51. The van der Waals surface area contributed by atoms with Gasteiger partial charge in [-0.1, -0.05) is 6.07 Å². The summed E-state index contributed by atoms with van der Waals surface area (Å²) in [5.41, 5.74) is 1.20. The Morgan fingerprint density at radius 2 is 1.71 bits per heavy atom. The van der Waals surface area contributed by atoms with E-state index in [1.54, 1.807) is 17.0 Å². The number of ether oxygens (including phenoxy) is 2. The van der Waals surface area contributed by atoms with E-state index in [1.165, 1.54) is 6.07 Å². The van der Waals surface area contributed by atoms with Gasteiger partial charge in [0.05, 0.1) is 31.3 Å². The molecule has 0 saturated carbocycles. The Kier molecular flexibility index (Phi) is 7.42. The number of hydrogen-bond acceptors (Lipinski definition) is 6. The van der Waals surface area contributed by atoms with Crippen LogP contribution in [0.3, 0.4) is 0 Å². The van der Waals surface area contributed by atoms with Gasteiger partial charge in [0.2, 0.25) is 10.0 Å². The number of sulfonamides is 1. The number of rotatable bonds is 7. The molecule has 0 atom stereocenters. The van der Waals surface area contributed by atoms with Crippen molar-refractivity contribution in [1.29, 1.82) is 0 Å². The predicted octanol–water partition coefficient (Wildman–Crippen LogP) is 0.468. The van der Waals surface area contributed by atoms with Gasteiger partial charge in [0.1, 0.15) is 0 Å². The van der Waals surface area contributed by atoms with Crippen molar-refractivity contribution in [2.24, 2.45) is 0 Å². The number of carbonyl (C=O) groups is 1. The van der Waals surface area contributed by atoms with Gasteiger partial charge in [-0.25, -0.2) is 13.1 Å². The molecule has 0 radical (unpaired) electrons. The fraction of sp³-hybridized carbons (Fsp3) is 0.632. The summed E-state index contributed by atoms with van der Waals surface area (Å²) in [5.74, 6) is -0.148. The molecule has 2 heterocycles. The van der Waals surface area contributed by atoms with Crippen LogP contribution in [0.2, 0.25) is 0 Å². The van der Waals surface area contributed by atoms with Gasteiger partial charge in [0.25, 0.3) is 5.91 Å². The van der Waals surface area contributed by atoms with Gasteiger partial charge in [-0.3, -0.25) is 9.69 Å². The van der Waals surface area contributed by atoms with Crippen LogP contribution in [-0.2, 0) is 19.5 Å². The number of morpholine rings is 2. The Bertz CT molecular complexity index is 772. The number of aryl methyl sites for hydroxylation is 1. The van der Waals surface area contributed by atoms with E-state index < -0.39 is 10.0 Å². The van der Waals surface area contributed by atoms with Crippen LogP contribution in [0.25, 0.3) is 0 Å². The van der Waals surface area contributed by atoms with Crippen molar-refractivity contribution in [3.8, 4) is 0 Å². The smallest absolute Gasteiger partial charge is 0.254 e. The minimum Gasteiger partial charge on any atom is -0.379 e. The van der Waals surface area contributed by atoms with Gasteiger partial charge in [-0.05, 0) is 37.6 Å². The zero-order valence-electron chi connectivity index (χ0n) is 16.4. The van der Waals surface area contributed by atoms with Crippen molar-refractivity contribution in [2.45, 2.75) is 18.2 Å². The van der Waals surface area contributed by atoms with Crippen molar-refractivity contribution in [3.63, 3.8) is 0 Å². The first-order chi connectivity index (χ1) is 13.5. The van der Waals surface area contributed by atoms with Gasteiger partial charge in [0.15, 0.2) is 0 Å². The molecule has 1 aromatic rings. The summed E-state index contributed by atoms with van der Waals surface area (Å²) in [6, 6.07) is 4.73. The van der Waals surface area contributed by atoms with Crippen LogP contribution in [-0.4, -0.2) is 89.8 Å². The number of carbonyl (C=O) groups excluding carboxylic acids is 1. The first-order valence-electron chi connectivity index (χ1n) is 9.75. The summed E-state index contributed by atoms with van der Waals surface area (Å²) in [5, 5.41) is 0. The first kappa shape index (κ1) is 21.2. The zero-order chi connectivity index (χ0) is 20.0. The highest BCUT2D eigenvalue weighted by atomic mass is 32.2. The molecule has 1 amide bonds. The zero-order valence-corrected chi connectivity index (χ0v) is 17.2. The van der Waals surface area contributed by atoms with Crippen LogP contribution < -0.4 is 4.72 Å². The monoisotopic (exact) mass is 411 g/mol. The van der Waals surface area contributed by atoms with Crippen LogP contribution in [0.15, 0.2) is 23.1 Å². The Balaban J connectivity index is 1.60. The Labute approximate surface area is 166 Å². The van der Waals surface area contributed by atoms with Crippen LogP contribution in [0.1, 0.15) is 22.3 Å². The fourth-order valence-electron chi connectivity index (χ4n) is 3.35.